The summed E-state index contributed by atoms with van der Waals surface area (Å²) in [6, 6.07) is 19.5. The monoisotopic (exact) mass is 535 g/mol. The molecule has 0 saturated carbocycles. The summed E-state index contributed by atoms with van der Waals surface area (Å²) in [6.07, 6.45) is 1.47. The lowest BCUT2D eigenvalue weighted by Gasteiger charge is -2.14. The van der Waals surface area contributed by atoms with E-state index in [4.69, 9.17) is 9.47 Å². The minimum Gasteiger partial charge on any atom is -0.493 e. The van der Waals surface area contributed by atoms with Gasteiger partial charge in [0.25, 0.3) is 17.7 Å². The fraction of sp³-hybridized carbons (Fsp3) is 0.115. The molecule has 1 aliphatic heterocycles. The molecule has 9 heteroatoms. The first-order chi connectivity index (χ1) is 16.9. The Kier molecular flexibility index (Phi) is 7.17. The van der Waals surface area contributed by atoms with Crippen LogP contribution >= 0.6 is 15.9 Å². The lowest BCUT2D eigenvalue weighted by atomic mass is 10.1. The Hall–Kier alpha value is -4.11. The maximum Gasteiger partial charge on any atom is 0.282 e. The van der Waals surface area contributed by atoms with E-state index in [0.29, 0.717) is 32.9 Å². The zero-order valence-electron chi connectivity index (χ0n) is 19.0. The minimum atomic E-state index is -0.512. The molecule has 0 atom stereocenters. The number of hydrogen-bond donors (Lipinski definition) is 2. The van der Waals surface area contributed by atoms with Crippen molar-refractivity contribution in [2.75, 3.05) is 24.0 Å². The van der Waals surface area contributed by atoms with Crippen molar-refractivity contribution in [3.05, 3.63) is 87.9 Å². The van der Waals surface area contributed by atoms with Crippen LogP contribution in [-0.4, -0.2) is 31.4 Å². The van der Waals surface area contributed by atoms with Gasteiger partial charge in [-0.1, -0.05) is 35.9 Å². The van der Waals surface area contributed by atoms with E-state index in [1.165, 1.54) is 18.2 Å². The molecule has 0 bridgehead atoms. The average Bonchev–Trinajstić information content (AvgIpc) is 3.13. The van der Waals surface area contributed by atoms with Crippen molar-refractivity contribution < 1.29 is 23.9 Å². The van der Waals surface area contributed by atoms with Crippen molar-refractivity contribution in [1.29, 1.82) is 0 Å². The highest BCUT2D eigenvalue weighted by molar-refractivity contribution is 9.10. The van der Waals surface area contributed by atoms with Gasteiger partial charge in [0.1, 0.15) is 5.57 Å². The van der Waals surface area contributed by atoms with Gasteiger partial charge in [-0.25, -0.2) is 5.01 Å². The van der Waals surface area contributed by atoms with E-state index in [9.17, 15) is 14.4 Å². The molecule has 3 aromatic rings. The molecule has 1 saturated heterocycles. The number of nitrogens with one attached hydrogen (secondary N) is 2. The van der Waals surface area contributed by atoms with Crippen LogP contribution in [0.5, 0.6) is 11.5 Å². The topological polar surface area (TPSA) is 97.0 Å². The van der Waals surface area contributed by atoms with Gasteiger partial charge in [0.15, 0.2) is 18.1 Å². The van der Waals surface area contributed by atoms with Crippen LogP contribution in [0.15, 0.2) is 76.8 Å². The molecule has 0 radical (unpaired) electrons. The fourth-order valence-electron chi connectivity index (χ4n) is 3.42. The predicted octanol–water partition coefficient (Wildman–Crippen LogP) is 4.25. The molecule has 0 spiro atoms. The van der Waals surface area contributed by atoms with Gasteiger partial charge in [-0.15, -0.1) is 0 Å². The number of aryl methyl sites for hydroxylation is 1. The van der Waals surface area contributed by atoms with Crippen LogP contribution in [0.3, 0.4) is 0 Å². The minimum absolute atomic E-state index is 0.0195. The zero-order valence-corrected chi connectivity index (χ0v) is 20.6. The first-order valence-electron chi connectivity index (χ1n) is 10.6. The molecule has 35 heavy (non-hydrogen) atoms. The van der Waals surface area contributed by atoms with Crippen molar-refractivity contribution in [2.45, 2.75) is 6.92 Å². The second-order valence-electron chi connectivity index (χ2n) is 7.71. The molecular formula is C26H22BrN3O5. The number of amides is 3. The maximum atomic E-state index is 12.8. The van der Waals surface area contributed by atoms with Crippen molar-refractivity contribution in [3.8, 4) is 11.5 Å². The van der Waals surface area contributed by atoms with Gasteiger partial charge in [0.2, 0.25) is 0 Å². The third-order valence-corrected chi connectivity index (χ3v) is 5.74. The fourth-order valence-corrected chi connectivity index (χ4v) is 3.99. The zero-order chi connectivity index (χ0) is 24.9. The molecule has 0 unspecified atom stereocenters. The number of para-hydroxylation sites is 1. The van der Waals surface area contributed by atoms with E-state index in [1.54, 1.807) is 36.4 Å². The van der Waals surface area contributed by atoms with Crippen LogP contribution in [0.1, 0.15) is 11.1 Å². The summed E-state index contributed by atoms with van der Waals surface area (Å²) in [6.45, 7) is 1.72. The lowest BCUT2D eigenvalue weighted by molar-refractivity contribution is -0.118. The van der Waals surface area contributed by atoms with Gasteiger partial charge in [-0.05, 0) is 70.9 Å². The summed E-state index contributed by atoms with van der Waals surface area (Å²) in [4.78, 5) is 37.6. The number of anilines is 2. The van der Waals surface area contributed by atoms with Crippen LogP contribution in [0, 0.1) is 6.92 Å². The van der Waals surface area contributed by atoms with Crippen LogP contribution in [0.25, 0.3) is 6.08 Å². The third-order valence-electron chi connectivity index (χ3n) is 5.15. The third kappa shape index (κ3) is 5.52. The number of rotatable bonds is 7. The SMILES string of the molecule is COc1cc(/C=C2/C(=O)NN(c3ccccc3)C2=O)cc(Br)c1OCC(=O)Nc1ccc(C)cc1. The van der Waals surface area contributed by atoms with Crippen LogP contribution in [0.4, 0.5) is 11.4 Å². The quantitative estimate of drug-likeness (QED) is 0.348. The van der Waals surface area contributed by atoms with Gasteiger partial charge in [-0.2, -0.15) is 0 Å². The number of nitrogens with zero attached hydrogens (tertiary/aromatic N) is 1. The molecule has 0 aliphatic carbocycles. The highest BCUT2D eigenvalue weighted by Crippen LogP contribution is 2.37. The molecule has 1 fully saturated rings. The molecule has 4 rings (SSSR count). The Morgan fingerprint density at radius 2 is 1.80 bits per heavy atom. The molecule has 3 amide bonds. The maximum absolute atomic E-state index is 12.8. The molecule has 1 aliphatic rings. The van der Waals surface area contributed by atoms with Crippen molar-refractivity contribution in [1.82, 2.24) is 5.43 Å². The van der Waals surface area contributed by atoms with E-state index < -0.39 is 11.8 Å². The number of carbonyl (C=O) groups excluding carboxylic acids is 3. The number of methoxy groups -OCH3 is 1. The Balaban J connectivity index is 1.50. The molecule has 1 heterocycles. The molecule has 178 valence electrons. The summed E-state index contributed by atoms with van der Waals surface area (Å²) >= 11 is 3.43. The largest absolute Gasteiger partial charge is 0.493 e. The van der Waals surface area contributed by atoms with E-state index in [-0.39, 0.29) is 18.1 Å². The van der Waals surface area contributed by atoms with Crippen LogP contribution < -0.4 is 25.2 Å². The van der Waals surface area contributed by atoms with E-state index >= 15 is 0 Å². The second-order valence-corrected chi connectivity index (χ2v) is 8.57. The molecule has 2 N–H and O–H groups in total. The first kappa shape index (κ1) is 24.0. The number of hydrazine groups is 1. The summed E-state index contributed by atoms with van der Waals surface area (Å²) in [5.74, 6) is -0.656. The highest BCUT2D eigenvalue weighted by Gasteiger charge is 2.34. The Morgan fingerprint density at radius 1 is 1.09 bits per heavy atom. The van der Waals surface area contributed by atoms with Gasteiger partial charge < -0.3 is 14.8 Å². The van der Waals surface area contributed by atoms with Gasteiger partial charge >= 0.3 is 0 Å². The number of ether oxygens (including phenoxy) is 2. The van der Waals surface area contributed by atoms with E-state index in [1.807, 2.05) is 37.3 Å². The van der Waals surface area contributed by atoms with Crippen LogP contribution in [0.2, 0.25) is 0 Å². The number of benzene rings is 3. The number of carbonyl (C=O) groups is 3. The van der Waals surface area contributed by atoms with Gasteiger partial charge in [0, 0.05) is 5.69 Å². The first-order valence-corrected chi connectivity index (χ1v) is 11.4. The molecule has 3 aromatic carbocycles. The summed E-state index contributed by atoms with van der Waals surface area (Å²) in [5.41, 5.74) is 5.40. The van der Waals surface area contributed by atoms with Crippen molar-refractivity contribution in [3.63, 3.8) is 0 Å². The molecular weight excluding hydrogens is 514 g/mol. The Labute approximate surface area is 210 Å². The van der Waals surface area contributed by atoms with Crippen LogP contribution in [-0.2, 0) is 14.4 Å². The number of halogens is 1. The van der Waals surface area contributed by atoms with E-state index in [0.717, 1.165) is 5.56 Å². The van der Waals surface area contributed by atoms with Crippen molar-refractivity contribution >= 4 is 51.1 Å². The number of hydrogen-bond acceptors (Lipinski definition) is 5. The second kappa shape index (κ2) is 10.4. The molecule has 0 aromatic heterocycles. The van der Waals surface area contributed by atoms with Gasteiger partial charge in [0.05, 0.1) is 17.3 Å². The van der Waals surface area contributed by atoms with Crippen molar-refractivity contribution in [2.24, 2.45) is 0 Å². The molecule has 8 nitrogen and oxygen atoms in total. The average molecular weight is 536 g/mol. The Bertz CT molecular complexity index is 1310. The lowest BCUT2D eigenvalue weighted by Crippen LogP contribution is -2.35. The summed E-state index contributed by atoms with van der Waals surface area (Å²) < 4.78 is 11.6. The standard InChI is InChI=1S/C26H22BrN3O5/c1-16-8-10-18(11-9-16)28-23(31)15-35-24-21(27)13-17(14-22(24)34-2)12-20-25(32)29-30(26(20)33)19-6-4-3-5-7-19/h3-14H,15H2,1-2H3,(H,28,31)(H,29,32)/b20-12-. The Morgan fingerprint density at radius 3 is 2.49 bits per heavy atom. The normalized spacial score (nSPS) is 14.1. The predicted molar refractivity (Wildman–Crippen MR) is 136 cm³/mol. The van der Waals surface area contributed by atoms with Gasteiger partial charge in [-0.3, -0.25) is 19.8 Å². The highest BCUT2D eigenvalue weighted by atomic mass is 79.9. The summed E-state index contributed by atoms with van der Waals surface area (Å²) in [5, 5.41) is 3.97. The van der Waals surface area contributed by atoms with E-state index in [2.05, 4.69) is 26.7 Å². The summed E-state index contributed by atoms with van der Waals surface area (Å²) in [7, 11) is 1.46. The smallest absolute Gasteiger partial charge is 0.282 e.